The van der Waals surface area contributed by atoms with Crippen LogP contribution in [0.15, 0.2) is 18.3 Å². The summed E-state index contributed by atoms with van der Waals surface area (Å²) < 4.78 is 6.86. The molecule has 4 nitrogen and oxygen atoms in total. The topological polar surface area (TPSA) is 43.3 Å². The van der Waals surface area contributed by atoms with Crippen molar-refractivity contribution < 1.29 is 9.53 Å². The Balaban J connectivity index is 2.69. The van der Waals surface area contributed by atoms with Crippen molar-refractivity contribution >= 4 is 5.97 Å². The molecular formula is C13H22N2O2. The Hall–Kier alpha value is -1.29. The molecule has 0 fully saturated rings. The second-order valence-corrected chi connectivity index (χ2v) is 5.31. The van der Waals surface area contributed by atoms with Gasteiger partial charge in [0.05, 0.1) is 7.11 Å². The highest BCUT2D eigenvalue weighted by Gasteiger charge is 2.31. The summed E-state index contributed by atoms with van der Waals surface area (Å²) in [7, 11) is 3.41. The van der Waals surface area contributed by atoms with Crippen LogP contribution in [0.4, 0.5) is 0 Å². The molecule has 1 atom stereocenters. The van der Waals surface area contributed by atoms with Crippen LogP contribution < -0.4 is 5.32 Å². The van der Waals surface area contributed by atoms with E-state index in [1.54, 1.807) is 0 Å². The maximum atomic E-state index is 11.7. The minimum absolute atomic E-state index is 0.168. The fourth-order valence-corrected chi connectivity index (χ4v) is 1.75. The maximum absolute atomic E-state index is 11.7. The van der Waals surface area contributed by atoms with Gasteiger partial charge in [-0.15, -0.1) is 0 Å². The van der Waals surface area contributed by atoms with Gasteiger partial charge in [0, 0.05) is 25.5 Å². The van der Waals surface area contributed by atoms with Crippen LogP contribution in [-0.2, 0) is 23.1 Å². The Morgan fingerprint density at radius 2 is 2.18 bits per heavy atom. The summed E-state index contributed by atoms with van der Waals surface area (Å²) in [5.74, 6) is -0.216. The number of aryl methyl sites for hydroxylation is 1. The Morgan fingerprint density at radius 1 is 1.53 bits per heavy atom. The molecule has 17 heavy (non-hydrogen) atoms. The number of ether oxygens (including phenoxy) is 1. The number of esters is 1. The summed E-state index contributed by atoms with van der Waals surface area (Å²) in [6.07, 6.45) is 1.99. The van der Waals surface area contributed by atoms with Crippen LogP contribution in [0.25, 0.3) is 0 Å². The molecule has 4 heteroatoms. The van der Waals surface area contributed by atoms with Crippen molar-refractivity contribution in [2.75, 3.05) is 7.11 Å². The molecule has 0 radical (unpaired) electrons. The molecule has 0 unspecified atom stereocenters. The lowest BCUT2D eigenvalue weighted by Crippen LogP contribution is -2.46. The van der Waals surface area contributed by atoms with Gasteiger partial charge < -0.3 is 9.30 Å². The van der Waals surface area contributed by atoms with Crippen LogP contribution in [0.5, 0.6) is 0 Å². The molecule has 0 bridgehead atoms. The summed E-state index contributed by atoms with van der Waals surface area (Å²) in [5, 5.41) is 3.26. The lowest BCUT2D eigenvalue weighted by atomic mass is 9.86. The molecule has 0 saturated carbocycles. The van der Waals surface area contributed by atoms with E-state index in [1.165, 1.54) is 7.11 Å². The second-order valence-electron chi connectivity index (χ2n) is 5.31. The van der Waals surface area contributed by atoms with E-state index in [9.17, 15) is 4.79 Å². The van der Waals surface area contributed by atoms with Gasteiger partial charge in [0.1, 0.15) is 6.04 Å². The van der Waals surface area contributed by atoms with E-state index in [0.29, 0.717) is 6.54 Å². The summed E-state index contributed by atoms with van der Waals surface area (Å²) >= 11 is 0. The standard InChI is InChI=1S/C13H22N2O2/c1-13(2,3)11(12(16)17-5)14-9-10-7-6-8-15(10)4/h6-8,11,14H,9H2,1-5H3/t11-/m1/s1. The second kappa shape index (κ2) is 5.36. The number of nitrogens with one attached hydrogen (secondary N) is 1. The summed E-state index contributed by atoms with van der Waals surface area (Å²) in [6, 6.07) is 3.72. The van der Waals surface area contributed by atoms with Crippen molar-refractivity contribution in [1.82, 2.24) is 9.88 Å². The van der Waals surface area contributed by atoms with Crippen LogP contribution in [-0.4, -0.2) is 23.7 Å². The van der Waals surface area contributed by atoms with Gasteiger partial charge in [0.15, 0.2) is 0 Å². The van der Waals surface area contributed by atoms with Gasteiger partial charge in [-0.25, -0.2) is 0 Å². The monoisotopic (exact) mass is 238 g/mol. The van der Waals surface area contributed by atoms with E-state index < -0.39 is 0 Å². The molecule has 1 N–H and O–H groups in total. The van der Waals surface area contributed by atoms with Gasteiger partial charge in [-0.3, -0.25) is 10.1 Å². The molecule has 0 spiro atoms. The summed E-state index contributed by atoms with van der Waals surface area (Å²) in [6.45, 7) is 6.71. The van der Waals surface area contributed by atoms with Crippen LogP contribution in [0.3, 0.4) is 0 Å². The minimum atomic E-state index is -0.303. The number of rotatable bonds is 4. The van der Waals surface area contributed by atoms with Gasteiger partial charge in [0.25, 0.3) is 0 Å². The number of carbonyl (C=O) groups excluding carboxylic acids is 1. The highest BCUT2D eigenvalue weighted by molar-refractivity contribution is 5.76. The molecule has 0 aliphatic heterocycles. The smallest absolute Gasteiger partial charge is 0.323 e. The first-order valence-corrected chi connectivity index (χ1v) is 5.77. The average molecular weight is 238 g/mol. The Kier molecular flexibility index (Phi) is 4.34. The first-order valence-electron chi connectivity index (χ1n) is 5.77. The molecule has 0 saturated heterocycles. The highest BCUT2D eigenvalue weighted by Crippen LogP contribution is 2.20. The number of methoxy groups -OCH3 is 1. The third kappa shape index (κ3) is 3.60. The molecule has 1 aromatic heterocycles. The zero-order valence-corrected chi connectivity index (χ0v) is 11.3. The fraction of sp³-hybridized carbons (Fsp3) is 0.615. The average Bonchev–Trinajstić information content (AvgIpc) is 2.62. The normalized spacial score (nSPS) is 13.5. The third-order valence-electron chi connectivity index (χ3n) is 2.84. The number of carbonyl (C=O) groups is 1. The SMILES string of the molecule is COC(=O)[C@@H](NCc1cccn1C)C(C)(C)C. The molecule has 1 heterocycles. The number of nitrogens with zero attached hydrogens (tertiary/aromatic N) is 1. The van der Waals surface area contributed by atoms with E-state index in [2.05, 4.69) is 5.32 Å². The third-order valence-corrected chi connectivity index (χ3v) is 2.84. The van der Waals surface area contributed by atoms with Crippen molar-refractivity contribution in [3.8, 4) is 0 Å². The van der Waals surface area contributed by atoms with Crippen molar-refractivity contribution in [2.45, 2.75) is 33.4 Å². The molecule has 96 valence electrons. The van der Waals surface area contributed by atoms with Crippen molar-refractivity contribution in [3.63, 3.8) is 0 Å². The van der Waals surface area contributed by atoms with Crippen LogP contribution in [0.1, 0.15) is 26.5 Å². The summed E-state index contributed by atoms with van der Waals surface area (Å²) in [5.41, 5.74) is 0.973. The molecule has 0 aliphatic rings. The Labute approximate surface area is 103 Å². The zero-order chi connectivity index (χ0) is 13.1. The van der Waals surface area contributed by atoms with Crippen LogP contribution in [0, 0.1) is 5.41 Å². The molecule has 0 aliphatic carbocycles. The zero-order valence-electron chi connectivity index (χ0n) is 11.3. The van der Waals surface area contributed by atoms with Crippen molar-refractivity contribution in [2.24, 2.45) is 12.5 Å². The maximum Gasteiger partial charge on any atom is 0.323 e. The van der Waals surface area contributed by atoms with Gasteiger partial charge in [-0.05, 0) is 17.5 Å². The van der Waals surface area contributed by atoms with Gasteiger partial charge in [-0.2, -0.15) is 0 Å². The first-order chi connectivity index (χ1) is 7.86. The van der Waals surface area contributed by atoms with Crippen LogP contribution >= 0.6 is 0 Å². The van der Waals surface area contributed by atoms with Gasteiger partial charge >= 0.3 is 5.97 Å². The van der Waals surface area contributed by atoms with Crippen molar-refractivity contribution in [1.29, 1.82) is 0 Å². The molecule has 0 aromatic carbocycles. The number of hydrogen-bond acceptors (Lipinski definition) is 3. The lowest BCUT2D eigenvalue weighted by molar-refractivity contribution is -0.146. The van der Waals surface area contributed by atoms with Crippen molar-refractivity contribution in [3.05, 3.63) is 24.0 Å². The van der Waals surface area contributed by atoms with Gasteiger partial charge in [-0.1, -0.05) is 20.8 Å². The summed E-state index contributed by atoms with van der Waals surface area (Å²) in [4.78, 5) is 11.7. The molecule has 0 amide bonds. The first kappa shape index (κ1) is 13.8. The predicted octanol–water partition coefficient (Wildman–Crippen LogP) is 1.70. The largest absolute Gasteiger partial charge is 0.468 e. The minimum Gasteiger partial charge on any atom is -0.468 e. The quantitative estimate of drug-likeness (QED) is 0.812. The van der Waals surface area contributed by atoms with E-state index in [0.717, 1.165) is 5.69 Å². The van der Waals surface area contributed by atoms with Gasteiger partial charge in [0.2, 0.25) is 0 Å². The Bertz CT molecular complexity index is 377. The molecule has 1 rings (SSSR count). The van der Waals surface area contributed by atoms with E-state index in [1.807, 2.05) is 50.7 Å². The van der Waals surface area contributed by atoms with E-state index in [-0.39, 0.29) is 17.4 Å². The van der Waals surface area contributed by atoms with Crippen LogP contribution in [0.2, 0.25) is 0 Å². The number of hydrogen-bond donors (Lipinski definition) is 1. The fourth-order valence-electron chi connectivity index (χ4n) is 1.75. The predicted molar refractivity (Wildman–Crippen MR) is 67.5 cm³/mol. The van der Waals surface area contributed by atoms with E-state index in [4.69, 9.17) is 4.74 Å². The molecule has 1 aromatic rings. The lowest BCUT2D eigenvalue weighted by Gasteiger charge is -2.29. The highest BCUT2D eigenvalue weighted by atomic mass is 16.5. The number of aromatic nitrogens is 1. The molecular weight excluding hydrogens is 216 g/mol. The van der Waals surface area contributed by atoms with E-state index >= 15 is 0 Å². The Morgan fingerprint density at radius 3 is 2.59 bits per heavy atom.